The van der Waals surface area contributed by atoms with E-state index < -0.39 is 21.7 Å². The zero-order valence-corrected chi connectivity index (χ0v) is 12.6. The maximum absolute atomic E-state index is 13.8. The number of hydrogen-bond acceptors (Lipinski definition) is 2. The van der Waals surface area contributed by atoms with Crippen LogP contribution in [0, 0.1) is 11.6 Å². The van der Waals surface area contributed by atoms with Crippen molar-refractivity contribution >= 4 is 27.3 Å². The summed E-state index contributed by atoms with van der Waals surface area (Å²) in [7, 11) is -3.80. The molecular weight excluding hydrogens is 320 g/mol. The number of halogens is 3. The van der Waals surface area contributed by atoms with Gasteiger partial charge in [0.2, 0.25) is 10.0 Å². The smallest absolute Gasteiger partial charge is 0.232 e. The Kier molecular flexibility index (Phi) is 4.49. The first kappa shape index (κ1) is 15.7. The molecule has 0 spiro atoms. The lowest BCUT2D eigenvalue weighted by Crippen LogP contribution is -2.30. The molecule has 0 heterocycles. The van der Waals surface area contributed by atoms with Crippen molar-refractivity contribution in [3.8, 4) is 0 Å². The normalized spacial score (nSPS) is 11.4. The highest BCUT2D eigenvalue weighted by Crippen LogP contribution is 2.27. The number of anilines is 1. The fourth-order valence-corrected chi connectivity index (χ4v) is 2.95. The highest BCUT2D eigenvalue weighted by atomic mass is 35.5. The summed E-state index contributed by atoms with van der Waals surface area (Å²) in [5, 5.41) is 0.0833. The fourth-order valence-electron chi connectivity index (χ4n) is 1.86. The molecule has 0 fully saturated rings. The van der Waals surface area contributed by atoms with E-state index in [-0.39, 0.29) is 22.8 Å². The summed E-state index contributed by atoms with van der Waals surface area (Å²) in [5.41, 5.74) is -0.160. The van der Waals surface area contributed by atoms with Gasteiger partial charge in [0.25, 0.3) is 0 Å². The maximum atomic E-state index is 13.8. The predicted molar refractivity (Wildman–Crippen MR) is 78.8 cm³/mol. The molecule has 2 aromatic carbocycles. The minimum Gasteiger partial charge on any atom is -0.263 e. The van der Waals surface area contributed by atoms with Crippen LogP contribution >= 0.6 is 11.6 Å². The van der Waals surface area contributed by atoms with Crippen molar-refractivity contribution in [1.82, 2.24) is 0 Å². The standard InChI is InChI=1S/C14H12ClF2NO2S/c1-21(19,20)18(14-8-3-2-6-13(14)17)9-10-11(15)5-4-7-12(10)16/h2-8H,9H2,1H3. The molecule has 0 radical (unpaired) electrons. The molecule has 0 amide bonds. The SMILES string of the molecule is CS(=O)(=O)N(Cc1c(F)cccc1Cl)c1ccccc1F. The van der Waals surface area contributed by atoms with Crippen molar-refractivity contribution in [3.63, 3.8) is 0 Å². The Labute approximate surface area is 126 Å². The molecule has 0 saturated carbocycles. The van der Waals surface area contributed by atoms with E-state index in [1.807, 2.05) is 0 Å². The van der Waals surface area contributed by atoms with E-state index >= 15 is 0 Å². The highest BCUT2D eigenvalue weighted by Gasteiger charge is 2.23. The summed E-state index contributed by atoms with van der Waals surface area (Å²) in [4.78, 5) is 0. The number of hydrogen-bond donors (Lipinski definition) is 0. The first-order valence-corrected chi connectivity index (χ1v) is 8.18. The molecule has 0 aliphatic carbocycles. The van der Waals surface area contributed by atoms with E-state index in [0.717, 1.165) is 16.6 Å². The molecule has 0 aromatic heterocycles. The van der Waals surface area contributed by atoms with Gasteiger partial charge >= 0.3 is 0 Å². The minimum absolute atomic E-state index is 0.00663. The van der Waals surface area contributed by atoms with Crippen LogP contribution in [-0.2, 0) is 16.6 Å². The average molecular weight is 332 g/mol. The van der Waals surface area contributed by atoms with Crippen LogP contribution < -0.4 is 4.31 Å². The quantitative estimate of drug-likeness (QED) is 0.858. The van der Waals surface area contributed by atoms with Crippen LogP contribution in [0.4, 0.5) is 14.5 Å². The van der Waals surface area contributed by atoms with E-state index in [2.05, 4.69) is 0 Å². The zero-order chi connectivity index (χ0) is 15.6. The maximum Gasteiger partial charge on any atom is 0.232 e. The number of benzene rings is 2. The number of sulfonamides is 1. The number of para-hydroxylation sites is 1. The Morgan fingerprint density at radius 1 is 1.05 bits per heavy atom. The molecule has 3 nitrogen and oxygen atoms in total. The molecule has 21 heavy (non-hydrogen) atoms. The lowest BCUT2D eigenvalue weighted by Gasteiger charge is -2.23. The Morgan fingerprint density at radius 3 is 2.24 bits per heavy atom. The molecule has 2 aromatic rings. The van der Waals surface area contributed by atoms with Gasteiger partial charge < -0.3 is 0 Å². The van der Waals surface area contributed by atoms with Gasteiger partial charge in [0.15, 0.2) is 0 Å². The molecule has 0 saturated heterocycles. The third kappa shape index (κ3) is 3.51. The lowest BCUT2D eigenvalue weighted by molar-refractivity contribution is 0.583. The Balaban J connectivity index is 2.52. The summed E-state index contributed by atoms with van der Waals surface area (Å²) in [5.74, 6) is -1.36. The molecule has 112 valence electrons. The van der Waals surface area contributed by atoms with E-state index in [9.17, 15) is 17.2 Å². The van der Waals surface area contributed by atoms with Crippen molar-refractivity contribution in [2.45, 2.75) is 6.54 Å². The first-order chi connectivity index (χ1) is 9.80. The number of rotatable bonds is 4. The van der Waals surface area contributed by atoms with Crippen LogP contribution in [0.1, 0.15) is 5.56 Å². The predicted octanol–water partition coefficient (Wildman–Crippen LogP) is 3.58. The first-order valence-electron chi connectivity index (χ1n) is 5.96. The molecular formula is C14H12ClF2NO2S. The van der Waals surface area contributed by atoms with Crippen molar-refractivity contribution in [1.29, 1.82) is 0 Å². The second kappa shape index (κ2) is 5.99. The molecule has 0 aliphatic heterocycles. The Bertz CT molecular complexity index is 745. The van der Waals surface area contributed by atoms with Gasteiger partial charge in [-0.15, -0.1) is 0 Å². The van der Waals surface area contributed by atoms with E-state index in [1.165, 1.54) is 36.4 Å². The minimum atomic E-state index is -3.80. The second-order valence-electron chi connectivity index (χ2n) is 4.42. The van der Waals surface area contributed by atoms with Gasteiger partial charge in [-0.25, -0.2) is 17.2 Å². The topological polar surface area (TPSA) is 37.4 Å². The van der Waals surface area contributed by atoms with E-state index in [1.54, 1.807) is 0 Å². The van der Waals surface area contributed by atoms with E-state index in [4.69, 9.17) is 11.6 Å². The van der Waals surface area contributed by atoms with Crippen molar-refractivity contribution in [2.75, 3.05) is 10.6 Å². The second-order valence-corrected chi connectivity index (χ2v) is 6.74. The molecule has 0 atom stereocenters. The van der Waals surface area contributed by atoms with E-state index in [0.29, 0.717) is 0 Å². The molecule has 0 bridgehead atoms. The summed E-state index contributed by atoms with van der Waals surface area (Å²) >= 11 is 5.90. The fraction of sp³-hybridized carbons (Fsp3) is 0.143. The molecule has 0 unspecified atom stereocenters. The van der Waals surface area contributed by atoms with Crippen molar-refractivity contribution < 1.29 is 17.2 Å². The van der Waals surface area contributed by atoms with Crippen molar-refractivity contribution in [3.05, 3.63) is 64.7 Å². The van der Waals surface area contributed by atoms with Gasteiger partial charge in [-0.3, -0.25) is 4.31 Å². The third-order valence-electron chi connectivity index (χ3n) is 2.88. The summed E-state index contributed by atoms with van der Waals surface area (Å²) in [6.45, 7) is -0.384. The Hall–Kier alpha value is -1.66. The summed E-state index contributed by atoms with van der Waals surface area (Å²) in [6, 6.07) is 9.41. The van der Waals surface area contributed by atoms with Gasteiger partial charge in [0.05, 0.1) is 18.5 Å². The van der Waals surface area contributed by atoms with Crippen molar-refractivity contribution in [2.24, 2.45) is 0 Å². The van der Waals surface area contributed by atoms with Gasteiger partial charge in [-0.2, -0.15) is 0 Å². The summed E-state index contributed by atoms with van der Waals surface area (Å²) in [6.07, 6.45) is 0.925. The molecule has 7 heteroatoms. The summed E-state index contributed by atoms with van der Waals surface area (Å²) < 4.78 is 52.3. The monoisotopic (exact) mass is 331 g/mol. The Morgan fingerprint density at radius 2 is 1.67 bits per heavy atom. The van der Waals surface area contributed by atoms with Crippen LogP contribution in [-0.4, -0.2) is 14.7 Å². The van der Waals surface area contributed by atoms with Gasteiger partial charge in [0.1, 0.15) is 11.6 Å². The zero-order valence-electron chi connectivity index (χ0n) is 11.1. The van der Waals surface area contributed by atoms with Crippen LogP contribution in [0.25, 0.3) is 0 Å². The van der Waals surface area contributed by atoms with Gasteiger partial charge in [-0.1, -0.05) is 29.8 Å². The third-order valence-corrected chi connectivity index (χ3v) is 4.37. The van der Waals surface area contributed by atoms with Gasteiger partial charge in [-0.05, 0) is 24.3 Å². The molecule has 2 rings (SSSR count). The van der Waals surface area contributed by atoms with Crippen LogP contribution in [0.15, 0.2) is 42.5 Å². The molecule has 0 aliphatic rings. The van der Waals surface area contributed by atoms with Gasteiger partial charge in [0, 0.05) is 10.6 Å². The van der Waals surface area contributed by atoms with Crippen LogP contribution in [0.5, 0.6) is 0 Å². The van der Waals surface area contributed by atoms with Crippen LogP contribution in [0.3, 0.4) is 0 Å². The average Bonchev–Trinajstić information content (AvgIpc) is 2.38. The molecule has 0 N–H and O–H groups in total. The highest BCUT2D eigenvalue weighted by molar-refractivity contribution is 7.92. The van der Waals surface area contributed by atoms with Crippen LogP contribution in [0.2, 0.25) is 5.02 Å². The number of nitrogens with zero attached hydrogens (tertiary/aromatic N) is 1. The lowest BCUT2D eigenvalue weighted by atomic mass is 10.2. The largest absolute Gasteiger partial charge is 0.263 e.